The Morgan fingerprint density at radius 1 is 1.20 bits per heavy atom. The number of benzene rings is 2. The monoisotopic (exact) mass is 372 g/mol. The topological polar surface area (TPSA) is 38.0 Å². The van der Waals surface area contributed by atoms with Gasteiger partial charge in [-0.05, 0) is 54.3 Å². The van der Waals surface area contributed by atoms with Crippen LogP contribution in [0.5, 0.6) is 0 Å². The first-order chi connectivity index (χ1) is 9.51. The summed E-state index contributed by atoms with van der Waals surface area (Å²) >= 11 is 15.8. The van der Waals surface area contributed by atoms with Crippen molar-refractivity contribution in [3.8, 4) is 0 Å². The summed E-state index contributed by atoms with van der Waals surface area (Å²) < 4.78 is 1.03. The number of hydrogen-bond acceptors (Lipinski definition) is 2. The van der Waals surface area contributed by atoms with Gasteiger partial charge in [0.05, 0.1) is 6.04 Å². The van der Waals surface area contributed by atoms with E-state index in [0.717, 1.165) is 15.6 Å². The molecule has 1 unspecified atom stereocenters. The maximum atomic E-state index is 6.21. The van der Waals surface area contributed by atoms with Crippen LogP contribution in [0, 0.1) is 6.92 Å². The summed E-state index contributed by atoms with van der Waals surface area (Å²) in [6.45, 7) is 2.05. The zero-order valence-corrected chi connectivity index (χ0v) is 14.1. The molecule has 0 amide bonds. The van der Waals surface area contributed by atoms with Gasteiger partial charge in [0.2, 0.25) is 0 Å². The van der Waals surface area contributed by atoms with E-state index >= 15 is 0 Å². The van der Waals surface area contributed by atoms with Crippen molar-refractivity contribution in [3.63, 3.8) is 0 Å². The minimum absolute atomic E-state index is 0.0408. The molecule has 0 aliphatic heterocycles. The average molecular weight is 374 g/mol. The summed E-state index contributed by atoms with van der Waals surface area (Å²) in [6.07, 6.45) is 0.664. The van der Waals surface area contributed by atoms with E-state index in [1.54, 1.807) is 12.1 Å². The molecule has 20 heavy (non-hydrogen) atoms. The molecule has 0 bridgehead atoms. The normalized spacial score (nSPS) is 12.4. The van der Waals surface area contributed by atoms with Crippen LogP contribution in [-0.4, -0.2) is 0 Å². The fraction of sp³-hybridized carbons (Fsp3) is 0.200. The number of nitrogens with one attached hydrogen (secondary N) is 1. The molecular weight excluding hydrogens is 359 g/mol. The maximum Gasteiger partial charge on any atom is 0.0512 e. The van der Waals surface area contributed by atoms with E-state index in [-0.39, 0.29) is 6.04 Å². The molecule has 0 heterocycles. The van der Waals surface area contributed by atoms with Gasteiger partial charge >= 0.3 is 0 Å². The summed E-state index contributed by atoms with van der Waals surface area (Å²) in [5.41, 5.74) is 6.09. The molecule has 0 saturated carbocycles. The molecule has 0 aromatic heterocycles. The third-order valence-corrected chi connectivity index (χ3v) is 4.45. The van der Waals surface area contributed by atoms with Gasteiger partial charge in [0.25, 0.3) is 0 Å². The highest BCUT2D eigenvalue weighted by Gasteiger charge is 2.15. The van der Waals surface area contributed by atoms with Crippen LogP contribution in [0.25, 0.3) is 0 Å². The predicted molar refractivity (Wildman–Crippen MR) is 89.1 cm³/mol. The fourth-order valence-corrected chi connectivity index (χ4v) is 3.25. The van der Waals surface area contributed by atoms with E-state index in [2.05, 4.69) is 39.6 Å². The van der Waals surface area contributed by atoms with Crippen molar-refractivity contribution in [2.45, 2.75) is 19.4 Å². The number of hydrazine groups is 1. The largest absolute Gasteiger partial charge is 0.271 e. The van der Waals surface area contributed by atoms with Crippen molar-refractivity contribution in [2.75, 3.05) is 0 Å². The summed E-state index contributed by atoms with van der Waals surface area (Å²) in [4.78, 5) is 0. The van der Waals surface area contributed by atoms with E-state index < -0.39 is 0 Å². The summed E-state index contributed by atoms with van der Waals surface area (Å²) in [5, 5.41) is 1.36. The van der Waals surface area contributed by atoms with Crippen LogP contribution in [-0.2, 0) is 6.42 Å². The molecule has 0 saturated heterocycles. The van der Waals surface area contributed by atoms with Crippen molar-refractivity contribution in [1.29, 1.82) is 0 Å². The molecule has 1 atom stereocenters. The van der Waals surface area contributed by atoms with Gasteiger partial charge < -0.3 is 0 Å². The molecule has 3 N–H and O–H groups in total. The third kappa shape index (κ3) is 3.74. The van der Waals surface area contributed by atoms with Crippen LogP contribution >= 0.6 is 39.1 Å². The van der Waals surface area contributed by atoms with Crippen molar-refractivity contribution >= 4 is 39.1 Å². The van der Waals surface area contributed by atoms with Crippen molar-refractivity contribution in [2.24, 2.45) is 5.84 Å². The van der Waals surface area contributed by atoms with Crippen molar-refractivity contribution < 1.29 is 0 Å². The molecule has 0 fully saturated rings. The molecule has 0 radical (unpaired) electrons. The molecule has 0 aliphatic carbocycles. The highest BCUT2D eigenvalue weighted by atomic mass is 79.9. The number of rotatable bonds is 4. The smallest absolute Gasteiger partial charge is 0.0512 e. The molecule has 2 nitrogen and oxygen atoms in total. The van der Waals surface area contributed by atoms with Gasteiger partial charge in [0, 0.05) is 14.5 Å². The SMILES string of the molecule is Cc1ccc(C(Cc2cc(Cl)ccc2Cl)NN)c(Br)c1. The average Bonchev–Trinajstić information content (AvgIpc) is 2.40. The first kappa shape index (κ1) is 15.8. The Morgan fingerprint density at radius 2 is 1.95 bits per heavy atom. The van der Waals surface area contributed by atoms with Gasteiger partial charge in [-0.2, -0.15) is 0 Å². The quantitative estimate of drug-likeness (QED) is 0.596. The Labute approximate surface area is 137 Å². The number of hydrogen-bond donors (Lipinski definition) is 2. The molecule has 2 rings (SSSR count). The first-order valence-corrected chi connectivity index (χ1v) is 7.72. The van der Waals surface area contributed by atoms with Crippen LogP contribution in [0.3, 0.4) is 0 Å². The molecule has 0 spiro atoms. The third-order valence-electron chi connectivity index (χ3n) is 3.16. The van der Waals surface area contributed by atoms with E-state index in [1.165, 1.54) is 5.56 Å². The lowest BCUT2D eigenvalue weighted by molar-refractivity contribution is 0.550. The van der Waals surface area contributed by atoms with Gasteiger partial charge in [0.15, 0.2) is 0 Å². The van der Waals surface area contributed by atoms with Gasteiger partial charge in [-0.1, -0.05) is 51.3 Å². The molecular formula is C15H15BrCl2N2. The Hall–Kier alpha value is -0.580. The van der Waals surface area contributed by atoms with E-state index in [1.807, 2.05) is 13.0 Å². The fourth-order valence-electron chi connectivity index (χ4n) is 2.09. The summed E-state index contributed by atoms with van der Waals surface area (Å²) in [7, 11) is 0. The summed E-state index contributed by atoms with van der Waals surface area (Å²) in [5.74, 6) is 5.70. The van der Waals surface area contributed by atoms with Gasteiger partial charge in [0.1, 0.15) is 0 Å². The van der Waals surface area contributed by atoms with Gasteiger partial charge in [-0.25, -0.2) is 0 Å². The molecule has 5 heteroatoms. The Balaban J connectivity index is 2.31. The standard InChI is InChI=1S/C15H15BrCl2N2/c1-9-2-4-12(13(16)6-9)15(20-19)8-10-7-11(17)3-5-14(10)18/h2-7,15,20H,8,19H2,1H3. The van der Waals surface area contributed by atoms with E-state index in [0.29, 0.717) is 16.5 Å². The molecule has 2 aromatic carbocycles. The predicted octanol–water partition coefficient (Wildman–Crippen LogP) is 4.81. The minimum atomic E-state index is -0.0408. The Kier molecular flexibility index (Phi) is 5.47. The zero-order chi connectivity index (χ0) is 14.7. The first-order valence-electron chi connectivity index (χ1n) is 6.17. The second-order valence-corrected chi connectivity index (χ2v) is 6.38. The molecule has 0 aliphatic rings. The maximum absolute atomic E-state index is 6.21. The molecule has 106 valence electrons. The summed E-state index contributed by atoms with van der Waals surface area (Å²) in [6, 6.07) is 11.6. The Bertz CT molecular complexity index is 617. The van der Waals surface area contributed by atoms with Crippen LogP contribution in [0.1, 0.15) is 22.7 Å². The van der Waals surface area contributed by atoms with Crippen LogP contribution in [0.4, 0.5) is 0 Å². The zero-order valence-electron chi connectivity index (χ0n) is 11.0. The number of aryl methyl sites for hydroxylation is 1. The van der Waals surface area contributed by atoms with Crippen LogP contribution in [0.15, 0.2) is 40.9 Å². The van der Waals surface area contributed by atoms with E-state index in [9.17, 15) is 0 Å². The lowest BCUT2D eigenvalue weighted by Crippen LogP contribution is -2.30. The van der Waals surface area contributed by atoms with E-state index in [4.69, 9.17) is 29.0 Å². The second-order valence-electron chi connectivity index (χ2n) is 4.68. The second kappa shape index (κ2) is 6.92. The van der Waals surface area contributed by atoms with Gasteiger partial charge in [-0.15, -0.1) is 0 Å². The van der Waals surface area contributed by atoms with Crippen molar-refractivity contribution in [1.82, 2.24) is 5.43 Å². The lowest BCUT2D eigenvalue weighted by atomic mass is 9.98. The Morgan fingerprint density at radius 3 is 2.60 bits per heavy atom. The van der Waals surface area contributed by atoms with Crippen molar-refractivity contribution in [3.05, 3.63) is 67.6 Å². The highest BCUT2D eigenvalue weighted by molar-refractivity contribution is 9.10. The number of nitrogens with two attached hydrogens (primary N) is 1. The highest BCUT2D eigenvalue weighted by Crippen LogP contribution is 2.30. The minimum Gasteiger partial charge on any atom is -0.271 e. The lowest BCUT2D eigenvalue weighted by Gasteiger charge is -2.19. The van der Waals surface area contributed by atoms with Gasteiger partial charge in [-0.3, -0.25) is 11.3 Å². The van der Waals surface area contributed by atoms with Crippen LogP contribution < -0.4 is 11.3 Å². The van der Waals surface area contributed by atoms with Crippen LogP contribution in [0.2, 0.25) is 10.0 Å². The molecule has 2 aromatic rings. The number of halogens is 3.